The van der Waals surface area contributed by atoms with Crippen molar-refractivity contribution in [3.8, 4) is 0 Å². The van der Waals surface area contributed by atoms with Crippen molar-refractivity contribution in [1.29, 1.82) is 0 Å². The summed E-state index contributed by atoms with van der Waals surface area (Å²) < 4.78 is 31.6. The topological polar surface area (TPSA) is 64.4 Å². The first-order valence-corrected chi connectivity index (χ1v) is 5.39. The molecule has 0 aliphatic carbocycles. The van der Waals surface area contributed by atoms with Crippen molar-refractivity contribution in [1.82, 2.24) is 0 Å². The molecular formula is C11H14F2N2O3. The molecule has 1 N–H and O–H groups in total. The van der Waals surface area contributed by atoms with E-state index in [4.69, 9.17) is 4.74 Å². The van der Waals surface area contributed by atoms with Gasteiger partial charge in [-0.25, -0.2) is 8.78 Å². The summed E-state index contributed by atoms with van der Waals surface area (Å²) >= 11 is 0. The normalized spacial score (nSPS) is 12.2. The molecule has 100 valence electrons. The van der Waals surface area contributed by atoms with Gasteiger partial charge in [0.05, 0.1) is 11.5 Å². The van der Waals surface area contributed by atoms with Crippen LogP contribution in [0, 0.1) is 21.7 Å². The summed E-state index contributed by atoms with van der Waals surface area (Å²) in [6.45, 7) is 2.04. The van der Waals surface area contributed by atoms with E-state index in [0.29, 0.717) is 6.42 Å². The van der Waals surface area contributed by atoms with Crippen LogP contribution in [0.3, 0.4) is 0 Å². The zero-order chi connectivity index (χ0) is 13.7. The lowest BCUT2D eigenvalue weighted by Gasteiger charge is -2.17. The molecule has 1 unspecified atom stereocenters. The number of hydrogen-bond donors (Lipinski definition) is 1. The van der Waals surface area contributed by atoms with Crippen LogP contribution in [0.15, 0.2) is 12.1 Å². The standard InChI is InChI=1S/C11H14F2N2O3/c1-3-7(6-18-2)14-11-9(15(16)17)5-4-8(12)10(11)13/h4-5,7,14H,3,6H2,1-2H3. The molecular weight excluding hydrogens is 246 g/mol. The van der Waals surface area contributed by atoms with Gasteiger partial charge in [-0.3, -0.25) is 10.1 Å². The van der Waals surface area contributed by atoms with Crippen molar-refractivity contribution in [3.05, 3.63) is 33.9 Å². The third kappa shape index (κ3) is 3.13. The third-order valence-corrected chi connectivity index (χ3v) is 2.48. The Labute approximate surface area is 103 Å². The Hall–Kier alpha value is -1.76. The summed E-state index contributed by atoms with van der Waals surface area (Å²) in [4.78, 5) is 10.00. The first-order chi connectivity index (χ1) is 8.51. The number of rotatable bonds is 6. The van der Waals surface area contributed by atoms with Gasteiger partial charge in [0.1, 0.15) is 0 Å². The van der Waals surface area contributed by atoms with Crippen LogP contribution in [-0.2, 0) is 4.74 Å². The Morgan fingerprint density at radius 2 is 2.17 bits per heavy atom. The minimum atomic E-state index is -1.25. The minimum Gasteiger partial charge on any atom is -0.383 e. The number of nitro benzene ring substituents is 1. The Balaban J connectivity index is 3.12. The van der Waals surface area contributed by atoms with Crippen molar-refractivity contribution in [2.24, 2.45) is 0 Å². The lowest BCUT2D eigenvalue weighted by Crippen LogP contribution is -2.25. The lowest BCUT2D eigenvalue weighted by molar-refractivity contribution is -0.384. The molecule has 1 aromatic rings. The number of nitrogens with zero attached hydrogens (tertiary/aromatic N) is 1. The molecule has 0 aromatic heterocycles. The fourth-order valence-electron chi connectivity index (χ4n) is 1.50. The molecule has 5 nitrogen and oxygen atoms in total. The largest absolute Gasteiger partial charge is 0.383 e. The third-order valence-electron chi connectivity index (χ3n) is 2.48. The summed E-state index contributed by atoms with van der Waals surface area (Å²) in [7, 11) is 1.46. The molecule has 0 saturated heterocycles. The lowest BCUT2D eigenvalue weighted by atomic mass is 10.2. The van der Waals surface area contributed by atoms with Crippen LogP contribution < -0.4 is 5.32 Å². The fraction of sp³-hybridized carbons (Fsp3) is 0.455. The second-order valence-corrected chi connectivity index (χ2v) is 3.72. The van der Waals surface area contributed by atoms with E-state index in [1.807, 2.05) is 0 Å². The molecule has 0 amide bonds. The Kier molecular flexibility index (Phi) is 4.96. The first-order valence-electron chi connectivity index (χ1n) is 5.39. The molecule has 0 fully saturated rings. The maximum Gasteiger partial charge on any atom is 0.295 e. The van der Waals surface area contributed by atoms with Crippen molar-refractivity contribution in [3.63, 3.8) is 0 Å². The zero-order valence-electron chi connectivity index (χ0n) is 10.1. The monoisotopic (exact) mass is 260 g/mol. The van der Waals surface area contributed by atoms with E-state index in [1.54, 1.807) is 6.92 Å². The van der Waals surface area contributed by atoms with Crippen molar-refractivity contribution in [2.45, 2.75) is 19.4 Å². The summed E-state index contributed by atoms with van der Waals surface area (Å²) in [6.07, 6.45) is 0.556. The molecule has 1 aromatic carbocycles. The molecule has 0 spiro atoms. The quantitative estimate of drug-likeness (QED) is 0.631. The predicted molar refractivity (Wildman–Crippen MR) is 62.6 cm³/mol. The van der Waals surface area contributed by atoms with E-state index in [0.717, 1.165) is 12.1 Å². The summed E-state index contributed by atoms with van der Waals surface area (Å²) in [6, 6.07) is 1.33. The molecule has 18 heavy (non-hydrogen) atoms. The van der Waals surface area contributed by atoms with E-state index in [2.05, 4.69) is 5.32 Å². The van der Waals surface area contributed by atoms with Gasteiger partial charge in [0, 0.05) is 19.2 Å². The van der Waals surface area contributed by atoms with Crippen molar-refractivity contribution < 1.29 is 18.4 Å². The maximum atomic E-state index is 13.6. The SMILES string of the molecule is CCC(COC)Nc1c([N+](=O)[O-])ccc(F)c1F. The number of nitro groups is 1. The summed E-state index contributed by atoms with van der Waals surface area (Å²) in [5, 5.41) is 13.4. The number of ether oxygens (including phenoxy) is 1. The molecule has 0 aliphatic rings. The number of hydrogen-bond acceptors (Lipinski definition) is 4. The number of anilines is 1. The minimum absolute atomic E-state index is 0.240. The van der Waals surface area contributed by atoms with E-state index < -0.39 is 27.9 Å². The van der Waals surface area contributed by atoms with Gasteiger partial charge in [-0.15, -0.1) is 0 Å². The molecule has 0 radical (unpaired) electrons. The number of halogens is 2. The van der Waals surface area contributed by atoms with Crippen LogP contribution in [0.2, 0.25) is 0 Å². The predicted octanol–water partition coefficient (Wildman–Crippen LogP) is 2.71. The highest BCUT2D eigenvalue weighted by molar-refractivity contribution is 5.63. The molecule has 0 saturated carbocycles. The van der Waals surface area contributed by atoms with Crippen LogP contribution in [0.5, 0.6) is 0 Å². The average Bonchev–Trinajstić information content (AvgIpc) is 2.33. The first kappa shape index (κ1) is 14.3. The van der Waals surface area contributed by atoms with E-state index in [1.165, 1.54) is 7.11 Å². The average molecular weight is 260 g/mol. The van der Waals surface area contributed by atoms with Gasteiger partial charge in [0.15, 0.2) is 17.3 Å². The second kappa shape index (κ2) is 6.25. The Bertz CT molecular complexity index is 441. The van der Waals surface area contributed by atoms with Gasteiger partial charge < -0.3 is 10.1 Å². The number of methoxy groups -OCH3 is 1. The molecule has 0 heterocycles. The zero-order valence-corrected chi connectivity index (χ0v) is 10.1. The second-order valence-electron chi connectivity index (χ2n) is 3.72. The summed E-state index contributed by atoms with van der Waals surface area (Å²) in [5.74, 6) is -2.38. The highest BCUT2D eigenvalue weighted by Crippen LogP contribution is 2.29. The number of nitrogens with one attached hydrogen (secondary N) is 1. The highest BCUT2D eigenvalue weighted by atomic mass is 19.2. The number of benzene rings is 1. The van der Waals surface area contributed by atoms with Gasteiger partial charge in [-0.2, -0.15) is 0 Å². The fourth-order valence-corrected chi connectivity index (χ4v) is 1.50. The van der Waals surface area contributed by atoms with Crippen LogP contribution in [0.1, 0.15) is 13.3 Å². The maximum absolute atomic E-state index is 13.6. The van der Waals surface area contributed by atoms with Crippen LogP contribution in [0.4, 0.5) is 20.2 Å². The Morgan fingerprint density at radius 3 is 2.67 bits per heavy atom. The van der Waals surface area contributed by atoms with Gasteiger partial charge >= 0.3 is 0 Å². The van der Waals surface area contributed by atoms with Crippen LogP contribution in [0.25, 0.3) is 0 Å². The highest BCUT2D eigenvalue weighted by Gasteiger charge is 2.23. The Morgan fingerprint density at radius 1 is 1.50 bits per heavy atom. The molecule has 0 bridgehead atoms. The van der Waals surface area contributed by atoms with E-state index in [-0.39, 0.29) is 12.6 Å². The van der Waals surface area contributed by atoms with E-state index in [9.17, 15) is 18.9 Å². The van der Waals surface area contributed by atoms with Gasteiger partial charge in [0.2, 0.25) is 0 Å². The molecule has 7 heteroatoms. The van der Waals surface area contributed by atoms with Crippen molar-refractivity contribution >= 4 is 11.4 Å². The molecule has 1 atom stereocenters. The smallest absolute Gasteiger partial charge is 0.295 e. The van der Waals surface area contributed by atoms with Gasteiger partial charge in [-0.05, 0) is 12.5 Å². The molecule has 0 aliphatic heterocycles. The van der Waals surface area contributed by atoms with Crippen LogP contribution >= 0.6 is 0 Å². The van der Waals surface area contributed by atoms with Crippen molar-refractivity contribution in [2.75, 3.05) is 19.0 Å². The van der Waals surface area contributed by atoms with E-state index >= 15 is 0 Å². The molecule has 1 rings (SSSR count). The van der Waals surface area contributed by atoms with Crippen LogP contribution in [-0.4, -0.2) is 24.7 Å². The van der Waals surface area contributed by atoms with Gasteiger partial charge in [-0.1, -0.05) is 6.92 Å². The summed E-state index contributed by atoms with van der Waals surface area (Å²) in [5.41, 5.74) is -0.938. The van der Waals surface area contributed by atoms with Gasteiger partial charge in [0.25, 0.3) is 5.69 Å².